The number of carbonyl (C=O) groups is 2. The monoisotopic (exact) mass is 408 g/mol. The van der Waals surface area contributed by atoms with Crippen LogP contribution in [0.2, 0.25) is 5.02 Å². The van der Waals surface area contributed by atoms with Gasteiger partial charge in [0.25, 0.3) is 5.91 Å². The minimum atomic E-state index is -0.837. The number of ether oxygens (including phenoxy) is 1. The molecular weight excluding hydrogens is 388 g/mol. The van der Waals surface area contributed by atoms with Crippen LogP contribution in [0.1, 0.15) is 30.1 Å². The average molecular weight is 409 g/mol. The van der Waals surface area contributed by atoms with E-state index in [2.05, 4.69) is 4.98 Å². The molecule has 2 heterocycles. The van der Waals surface area contributed by atoms with E-state index in [4.69, 9.17) is 16.3 Å². The highest BCUT2D eigenvalue weighted by Crippen LogP contribution is 2.30. The predicted octanol–water partition coefficient (Wildman–Crippen LogP) is 4.72. The number of pyridine rings is 1. The van der Waals surface area contributed by atoms with Crippen molar-refractivity contribution in [3.05, 3.63) is 65.2 Å². The van der Waals surface area contributed by atoms with E-state index >= 15 is 0 Å². The summed E-state index contributed by atoms with van der Waals surface area (Å²) in [6.07, 6.45) is 1.14. The second-order valence-electron chi connectivity index (χ2n) is 7.13. The Hall–Kier alpha value is -2.92. The molecule has 1 aliphatic heterocycles. The van der Waals surface area contributed by atoms with E-state index in [0.717, 1.165) is 31.5 Å². The van der Waals surface area contributed by atoms with Crippen molar-refractivity contribution in [1.29, 1.82) is 0 Å². The Morgan fingerprint density at radius 3 is 2.52 bits per heavy atom. The summed E-state index contributed by atoms with van der Waals surface area (Å²) in [4.78, 5) is 31.9. The minimum absolute atomic E-state index is 0.152. The Kier molecular flexibility index (Phi) is 5.49. The van der Waals surface area contributed by atoms with E-state index in [-0.39, 0.29) is 5.91 Å². The number of carbonyl (C=O) groups excluding carboxylic acids is 2. The normalized spacial score (nSPS) is 14.8. The van der Waals surface area contributed by atoms with Gasteiger partial charge in [0.1, 0.15) is 0 Å². The second-order valence-corrected chi connectivity index (χ2v) is 7.54. The maximum atomic E-state index is 13.0. The molecule has 0 aliphatic carbocycles. The fraction of sp³-hybridized carbons (Fsp3) is 0.261. The van der Waals surface area contributed by atoms with E-state index in [1.54, 1.807) is 24.0 Å². The maximum Gasteiger partial charge on any atom is 0.339 e. The van der Waals surface area contributed by atoms with Crippen LogP contribution in [0.25, 0.3) is 22.2 Å². The van der Waals surface area contributed by atoms with Crippen LogP contribution in [0.15, 0.2) is 54.6 Å². The summed E-state index contributed by atoms with van der Waals surface area (Å²) >= 11 is 6.33. The standard InChI is InChI=1S/C23H21ClN2O3/c1-15(22(27)26-12-6-7-13-26)29-23(28)18-14-21(17-9-2-4-10-19(17)24)25-20-11-5-3-8-16(18)20/h2-5,8-11,14-15H,6-7,12-13H2,1H3/t15-/m0/s1. The Morgan fingerprint density at radius 1 is 1.07 bits per heavy atom. The largest absolute Gasteiger partial charge is 0.449 e. The molecular formula is C23H21ClN2O3. The molecule has 5 nitrogen and oxygen atoms in total. The summed E-state index contributed by atoms with van der Waals surface area (Å²) in [7, 11) is 0. The third-order valence-electron chi connectivity index (χ3n) is 5.14. The highest BCUT2D eigenvalue weighted by Gasteiger charge is 2.27. The van der Waals surface area contributed by atoms with Gasteiger partial charge in [-0.25, -0.2) is 9.78 Å². The van der Waals surface area contributed by atoms with Crippen molar-refractivity contribution in [1.82, 2.24) is 9.88 Å². The smallest absolute Gasteiger partial charge is 0.339 e. The molecule has 3 aromatic rings. The van der Waals surface area contributed by atoms with Gasteiger partial charge in [0.05, 0.1) is 16.8 Å². The quantitative estimate of drug-likeness (QED) is 0.586. The molecule has 0 saturated carbocycles. The first-order valence-electron chi connectivity index (χ1n) is 9.69. The number of fused-ring (bicyclic) bond motifs is 1. The number of rotatable bonds is 4. The van der Waals surface area contributed by atoms with E-state index in [0.29, 0.717) is 27.2 Å². The minimum Gasteiger partial charge on any atom is -0.449 e. The third-order valence-corrected chi connectivity index (χ3v) is 5.46. The molecule has 2 aromatic carbocycles. The maximum absolute atomic E-state index is 13.0. The number of esters is 1. The van der Waals surface area contributed by atoms with Crippen LogP contribution in [0.4, 0.5) is 0 Å². The van der Waals surface area contributed by atoms with Gasteiger partial charge in [0.2, 0.25) is 0 Å². The van der Waals surface area contributed by atoms with Crippen LogP contribution in [0.3, 0.4) is 0 Å². The third kappa shape index (κ3) is 3.96. The van der Waals surface area contributed by atoms with E-state index in [1.165, 1.54) is 0 Å². The van der Waals surface area contributed by atoms with Crippen LogP contribution in [-0.2, 0) is 9.53 Å². The highest BCUT2D eigenvalue weighted by molar-refractivity contribution is 6.33. The lowest BCUT2D eigenvalue weighted by atomic mass is 10.0. The van der Waals surface area contributed by atoms with E-state index < -0.39 is 12.1 Å². The Labute approximate surface area is 174 Å². The van der Waals surface area contributed by atoms with Crippen LogP contribution in [0, 0.1) is 0 Å². The van der Waals surface area contributed by atoms with E-state index in [1.807, 2.05) is 42.5 Å². The number of para-hydroxylation sites is 1. The average Bonchev–Trinajstić information content (AvgIpc) is 3.27. The number of hydrogen-bond donors (Lipinski definition) is 0. The molecule has 0 spiro atoms. The molecule has 1 amide bonds. The summed E-state index contributed by atoms with van der Waals surface area (Å²) in [5.41, 5.74) is 2.34. The van der Waals surface area contributed by atoms with Crippen molar-refractivity contribution in [3.63, 3.8) is 0 Å². The lowest BCUT2D eigenvalue weighted by molar-refractivity contribution is -0.138. The zero-order valence-corrected chi connectivity index (χ0v) is 16.9. The SMILES string of the molecule is C[C@H](OC(=O)c1cc(-c2ccccc2Cl)nc2ccccc12)C(=O)N1CCCC1. The van der Waals surface area contributed by atoms with Crippen molar-refractivity contribution in [2.45, 2.75) is 25.9 Å². The van der Waals surface area contributed by atoms with Crippen molar-refractivity contribution in [2.24, 2.45) is 0 Å². The van der Waals surface area contributed by atoms with Crippen molar-refractivity contribution >= 4 is 34.4 Å². The number of hydrogen-bond acceptors (Lipinski definition) is 4. The first kappa shape index (κ1) is 19.4. The Bertz CT molecular complexity index is 1080. The molecule has 1 atom stereocenters. The van der Waals surface area contributed by atoms with Gasteiger partial charge >= 0.3 is 5.97 Å². The molecule has 0 bridgehead atoms. The molecule has 1 aliphatic rings. The summed E-state index contributed by atoms with van der Waals surface area (Å²) in [6.45, 7) is 3.06. The number of likely N-dealkylation sites (tertiary alicyclic amines) is 1. The van der Waals surface area contributed by atoms with Gasteiger partial charge < -0.3 is 9.64 Å². The summed E-state index contributed by atoms with van der Waals surface area (Å²) in [5, 5.41) is 1.22. The number of halogens is 1. The van der Waals surface area contributed by atoms with Gasteiger partial charge in [-0.05, 0) is 38.0 Å². The topological polar surface area (TPSA) is 59.5 Å². The molecule has 0 N–H and O–H groups in total. The van der Waals surface area contributed by atoms with Crippen LogP contribution >= 0.6 is 11.6 Å². The molecule has 0 radical (unpaired) electrons. The number of amides is 1. The molecule has 4 rings (SSSR count). The summed E-state index contributed by atoms with van der Waals surface area (Å²) < 4.78 is 5.55. The fourth-order valence-corrected chi connectivity index (χ4v) is 3.85. The van der Waals surface area contributed by atoms with Gasteiger partial charge in [-0.3, -0.25) is 4.79 Å². The van der Waals surface area contributed by atoms with E-state index in [9.17, 15) is 9.59 Å². The van der Waals surface area contributed by atoms with Crippen molar-refractivity contribution < 1.29 is 14.3 Å². The lowest BCUT2D eigenvalue weighted by Crippen LogP contribution is -2.38. The number of aromatic nitrogens is 1. The Morgan fingerprint density at radius 2 is 1.76 bits per heavy atom. The lowest BCUT2D eigenvalue weighted by Gasteiger charge is -2.20. The zero-order valence-electron chi connectivity index (χ0n) is 16.1. The second kappa shape index (κ2) is 8.21. The molecule has 148 valence electrons. The molecule has 1 fully saturated rings. The first-order chi connectivity index (χ1) is 14.0. The van der Waals surface area contributed by atoms with Crippen molar-refractivity contribution in [3.8, 4) is 11.3 Å². The van der Waals surface area contributed by atoms with Crippen molar-refractivity contribution in [2.75, 3.05) is 13.1 Å². The number of nitrogens with zero attached hydrogens (tertiary/aromatic N) is 2. The fourth-order valence-electron chi connectivity index (χ4n) is 3.62. The highest BCUT2D eigenvalue weighted by atomic mass is 35.5. The van der Waals surface area contributed by atoms with Gasteiger partial charge in [0, 0.05) is 29.1 Å². The van der Waals surface area contributed by atoms with Gasteiger partial charge in [0.15, 0.2) is 6.10 Å². The van der Waals surface area contributed by atoms with Crippen LogP contribution in [0.5, 0.6) is 0 Å². The zero-order chi connectivity index (χ0) is 20.4. The first-order valence-corrected chi connectivity index (χ1v) is 10.1. The van der Waals surface area contributed by atoms with Gasteiger partial charge in [-0.1, -0.05) is 48.0 Å². The Balaban J connectivity index is 1.69. The van der Waals surface area contributed by atoms with Crippen LogP contribution < -0.4 is 0 Å². The molecule has 6 heteroatoms. The predicted molar refractivity (Wildman–Crippen MR) is 113 cm³/mol. The molecule has 1 aromatic heterocycles. The summed E-state index contributed by atoms with van der Waals surface area (Å²) in [6, 6.07) is 16.4. The molecule has 1 saturated heterocycles. The van der Waals surface area contributed by atoms with Gasteiger partial charge in [-0.2, -0.15) is 0 Å². The molecule has 29 heavy (non-hydrogen) atoms. The van der Waals surface area contributed by atoms with Crippen LogP contribution in [-0.4, -0.2) is 41.0 Å². The van der Waals surface area contributed by atoms with Gasteiger partial charge in [-0.15, -0.1) is 0 Å². The molecule has 0 unspecified atom stereocenters. The summed E-state index contributed by atoms with van der Waals surface area (Å²) in [5.74, 6) is -0.697. The number of benzene rings is 2.